The zero-order valence-corrected chi connectivity index (χ0v) is 59.7. The largest absolute Gasteiger partial charge is 0.488 e. The van der Waals surface area contributed by atoms with Gasteiger partial charge in [-0.15, -0.1) is 0 Å². The number of fused-ring (bicyclic) bond motifs is 6. The van der Waals surface area contributed by atoms with Gasteiger partial charge in [-0.25, -0.2) is 0 Å². The molecule has 0 radical (unpaired) electrons. The molecular formula is C100H72BBrN2O2. The van der Waals surface area contributed by atoms with Crippen molar-refractivity contribution < 1.29 is 10.0 Å². The summed E-state index contributed by atoms with van der Waals surface area (Å²) in [5.74, 6) is 1.13. The molecule has 8 aliphatic carbocycles. The molecule has 0 saturated heterocycles. The number of hydrogen-bond acceptors (Lipinski definition) is 2. The molecule has 0 aliphatic heterocycles. The van der Waals surface area contributed by atoms with E-state index in [0.29, 0.717) is 17.3 Å². The predicted octanol–water partition coefficient (Wildman–Crippen LogP) is 21.9. The Bertz CT molecular complexity index is 6110. The quantitative estimate of drug-likeness (QED) is 0.149. The van der Waals surface area contributed by atoms with Crippen molar-refractivity contribution in [2.24, 2.45) is 23.7 Å². The third-order valence-corrected chi connectivity index (χ3v) is 25.0. The maximum absolute atomic E-state index is 9.42. The summed E-state index contributed by atoms with van der Waals surface area (Å²) in [7, 11) is -1.46. The fraction of sp³-hybridized carbons (Fsp3) is 0.0800. The van der Waals surface area contributed by atoms with Gasteiger partial charge in [-0.1, -0.05) is 356 Å². The third-order valence-electron chi connectivity index (χ3n) is 24.5. The average Bonchev–Trinajstić information content (AvgIpc) is 0.744. The Balaban J connectivity index is 0.000000116. The lowest BCUT2D eigenvalue weighted by atomic mass is 9.33. The Morgan fingerprint density at radius 2 is 0.651 bits per heavy atom. The smallest absolute Gasteiger partial charge is 0.423 e. The molecule has 14 aromatic carbocycles. The van der Waals surface area contributed by atoms with Crippen LogP contribution in [0.25, 0.3) is 60.6 Å². The highest BCUT2D eigenvalue weighted by Crippen LogP contribution is 2.73. The Morgan fingerprint density at radius 3 is 1.10 bits per heavy atom. The first-order chi connectivity index (χ1) is 52.3. The van der Waals surface area contributed by atoms with E-state index in [2.05, 4.69) is 377 Å². The average molecular weight is 1420 g/mol. The van der Waals surface area contributed by atoms with E-state index in [9.17, 15) is 10.0 Å². The van der Waals surface area contributed by atoms with Crippen molar-refractivity contribution in [3.8, 4) is 11.4 Å². The zero-order valence-electron chi connectivity index (χ0n) is 58.2. The summed E-state index contributed by atoms with van der Waals surface area (Å²) in [4.78, 5) is 0. The minimum Gasteiger partial charge on any atom is -0.423 e. The minimum atomic E-state index is -1.46. The van der Waals surface area contributed by atoms with Crippen LogP contribution in [0, 0.1) is 23.7 Å². The fourth-order valence-electron chi connectivity index (χ4n) is 20.7. The van der Waals surface area contributed by atoms with E-state index in [0.717, 1.165) is 21.2 Å². The first-order valence-electron chi connectivity index (χ1n) is 37.0. The number of nitrogens with zero attached hydrogens (tertiary/aromatic N) is 2. The number of para-hydroxylation sites is 4. The van der Waals surface area contributed by atoms with Gasteiger partial charge < -0.3 is 19.2 Å². The summed E-state index contributed by atoms with van der Waals surface area (Å²) < 4.78 is 5.70. The summed E-state index contributed by atoms with van der Waals surface area (Å²) >= 11 is 3.81. The van der Waals surface area contributed by atoms with E-state index in [1.54, 1.807) is 6.07 Å². The van der Waals surface area contributed by atoms with Crippen LogP contribution < -0.4 is 5.46 Å². The van der Waals surface area contributed by atoms with Crippen LogP contribution in [-0.2, 0) is 21.7 Å². The highest BCUT2D eigenvalue weighted by Gasteiger charge is 2.70. The number of benzene rings is 14. The molecule has 1 saturated carbocycles. The van der Waals surface area contributed by atoms with E-state index in [1.165, 1.54) is 116 Å². The standard InChI is InChI=1S/C50H37N.C32H21Br.C18H14BNO2/c1-3-17-36(18-4-1)49-41-24-9-11-26-43(41)50(37-19-5-2-6-20-37,44-27-12-10-25-42(44)49)46-33-35(30-31-45(46)49)34-16-15-21-38(32-34)51-47-28-13-7-22-39(47)40-23-8-14-29-48(40)51;33-24-19-20-29-30(21-24)32(23-13-5-2-6-14-23)27-17-9-7-15-25(27)31(29,22-11-3-1-4-12-22)26-16-8-10-18-28(26)32;21-19(22)13-6-5-7-14(12-13)20-17-10-3-1-8-15(17)16-9-2-4-11-18(16)20/h1-33,41,43,45-46H;1-21H;1-12,21-22H. The van der Waals surface area contributed by atoms with Crippen molar-refractivity contribution in [2.45, 2.75) is 21.7 Å². The number of aromatic nitrogens is 2. The lowest BCUT2D eigenvalue weighted by Gasteiger charge is -2.69. The molecule has 24 rings (SSSR count). The molecule has 16 aromatic rings. The van der Waals surface area contributed by atoms with E-state index < -0.39 is 7.12 Å². The second kappa shape index (κ2) is 25.2. The van der Waals surface area contributed by atoms with Crippen molar-refractivity contribution in [1.82, 2.24) is 9.13 Å². The summed E-state index contributed by atoms with van der Waals surface area (Å²) in [6, 6.07) is 130. The van der Waals surface area contributed by atoms with Gasteiger partial charge in [0.1, 0.15) is 0 Å². The van der Waals surface area contributed by atoms with Crippen molar-refractivity contribution >= 4 is 77.7 Å². The molecule has 106 heavy (non-hydrogen) atoms. The highest BCUT2D eigenvalue weighted by molar-refractivity contribution is 9.10. The fourth-order valence-corrected chi connectivity index (χ4v) is 21.1. The van der Waals surface area contributed by atoms with Gasteiger partial charge >= 0.3 is 7.12 Å². The van der Waals surface area contributed by atoms with Crippen LogP contribution in [0.2, 0.25) is 0 Å². The van der Waals surface area contributed by atoms with Crippen LogP contribution in [0.3, 0.4) is 0 Å². The Hall–Kier alpha value is -11.9. The third kappa shape index (κ3) is 9.08. The second-order valence-electron chi connectivity index (χ2n) is 29.1. The molecular weight excluding hydrogens is 1350 g/mol. The number of hydrogen-bond donors (Lipinski definition) is 2. The van der Waals surface area contributed by atoms with Crippen molar-refractivity contribution in [2.75, 3.05) is 0 Å². The van der Waals surface area contributed by atoms with Crippen LogP contribution in [-0.4, -0.2) is 26.3 Å². The lowest BCUT2D eigenvalue weighted by Crippen LogP contribution is -2.67. The van der Waals surface area contributed by atoms with Crippen LogP contribution in [0.4, 0.5) is 0 Å². The topological polar surface area (TPSA) is 50.3 Å². The SMILES string of the molecule is Brc1ccc2c(c1)C1(c3ccccc3)c3ccccc3C2(c2ccccc2)c2ccccc21.C1=CC2C(C=C1)C1(c3ccccc3)c3ccccc3C2(c2ccccc2)C2C=CC(c3cccc(-n4c5ccccc5c5ccccc54)c3)=CC21.OB(O)c1cccc(-n2c3ccccc3c3ccccc32)c1. The second-order valence-corrected chi connectivity index (χ2v) is 30.1. The molecule has 2 N–H and O–H groups in total. The van der Waals surface area contributed by atoms with Gasteiger partial charge in [0.25, 0.3) is 0 Å². The monoisotopic (exact) mass is 1420 g/mol. The highest BCUT2D eigenvalue weighted by atomic mass is 79.9. The zero-order chi connectivity index (χ0) is 70.7. The number of rotatable bonds is 8. The van der Waals surface area contributed by atoms with E-state index >= 15 is 0 Å². The van der Waals surface area contributed by atoms with Crippen LogP contribution in [0.1, 0.15) is 72.3 Å². The van der Waals surface area contributed by atoms with E-state index in [-0.39, 0.29) is 33.5 Å². The molecule has 2 heterocycles. The van der Waals surface area contributed by atoms with E-state index in [4.69, 9.17) is 0 Å². The summed E-state index contributed by atoms with van der Waals surface area (Å²) in [6.45, 7) is 0. The van der Waals surface area contributed by atoms with Gasteiger partial charge in [0.05, 0.1) is 32.9 Å². The predicted molar refractivity (Wildman–Crippen MR) is 440 cm³/mol. The van der Waals surface area contributed by atoms with Crippen LogP contribution in [0.5, 0.6) is 0 Å². The van der Waals surface area contributed by atoms with Gasteiger partial charge in [0.2, 0.25) is 0 Å². The summed E-state index contributed by atoms with van der Waals surface area (Å²) in [6.07, 6.45) is 17.4. The van der Waals surface area contributed by atoms with Crippen molar-refractivity contribution in [1.29, 1.82) is 0 Å². The molecule has 4 bridgehead atoms. The lowest BCUT2D eigenvalue weighted by molar-refractivity contribution is 0.0281. The van der Waals surface area contributed by atoms with E-state index in [1.807, 2.05) is 42.5 Å². The van der Waals surface area contributed by atoms with Crippen molar-refractivity contribution in [3.63, 3.8) is 0 Å². The normalized spacial score (nSPS) is 22.0. The molecule has 6 unspecified atom stereocenters. The molecule has 6 heteroatoms. The maximum atomic E-state index is 9.42. The molecule has 8 aliphatic rings. The Kier molecular flexibility index (Phi) is 15.1. The van der Waals surface area contributed by atoms with Gasteiger partial charge in [-0.3, -0.25) is 0 Å². The molecule has 1 fully saturated rings. The Morgan fingerprint density at radius 1 is 0.292 bits per heavy atom. The van der Waals surface area contributed by atoms with Crippen LogP contribution >= 0.6 is 15.9 Å². The first kappa shape index (κ1) is 63.8. The molecule has 504 valence electrons. The molecule has 0 amide bonds. The maximum Gasteiger partial charge on any atom is 0.488 e. The van der Waals surface area contributed by atoms with Gasteiger partial charge in [0.15, 0.2) is 0 Å². The van der Waals surface area contributed by atoms with Gasteiger partial charge in [-0.2, -0.15) is 0 Å². The number of halogens is 1. The van der Waals surface area contributed by atoms with Gasteiger partial charge in [0, 0.05) is 48.2 Å². The van der Waals surface area contributed by atoms with Crippen molar-refractivity contribution in [3.05, 3.63) is 477 Å². The molecule has 4 nitrogen and oxygen atoms in total. The first-order valence-corrected chi connectivity index (χ1v) is 37.8. The molecule has 0 spiro atoms. The molecule has 2 aromatic heterocycles. The minimum absolute atomic E-state index is 0.200. The van der Waals surface area contributed by atoms with Crippen LogP contribution in [0.15, 0.2) is 405 Å². The summed E-state index contributed by atoms with van der Waals surface area (Å²) in [5.41, 5.74) is 25.4. The number of allylic oxidation sites excluding steroid dienone is 8. The molecule has 6 atom stereocenters. The Labute approximate surface area is 626 Å². The van der Waals surface area contributed by atoms with Gasteiger partial charge in [-0.05, 0) is 168 Å². The summed E-state index contributed by atoms with van der Waals surface area (Å²) in [5, 5.41) is 23.8.